The van der Waals surface area contributed by atoms with Crippen molar-refractivity contribution in [2.75, 3.05) is 27.3 Å². The molecule has 2 aromatic carbocycles. The molecule has 1 unspecified atom stereocenters. The van der Waals surface area contributed by atoms with E-state index in [1.54, 1.807) is 19.3 Å². The summed E-state index contributed by atoms with van der Waals surface area (Å²) in [5, 5.41) is 21.3. The number of aliphatic hydroxyl groups excluding tert-OH is 1. The third-order valence-electron chi connectivity index (χ3n) is 5.82. The Balaban J connectivity index is 1.25. The van der Waals surface area contributed by atoms with Gasteiger partial charge in [-0.3, -0.25) is 4.90 Å². The van der Waals surface area contributed by atoms with Gasteiger partial charge in [0, 0.05) is 23.2 Å². The number of aliphatic hydroxyl groups is 1. The lowest BCUT2D eigenvalue weighted by Crippen LogP contribution is -2.30. The molecule has 1 atom stereocenters. The summed E-state index contributed by atoms with van der Waals surface area (Å²) in [5.41, 5.74) is -0.109. The average molecular weight is 612 g/mol. The number of allylic oxidation sites excluding steroid dienone is 1. The second-order valence-corrected chi connectivity index (χ2v) is 29.6. The first-order chi connectivity index (χ1) is 17.6. The quantitative estimate of drug-likeness (QED) is 0.253. The molecule has 196 valence electrons. The Morgan fingerprint density at radius 3 is 2.05 bits per heavy atom. The summed E-state index contributed by atoms with van der Waals surface area (Å²) in [6, 6.07) is 16.0. The average Bonchev–Trinajstić information content (AvgIpc) is 3.07. The van der Waals surface area contributed by atoms with Gasteiger partial charge in [-0.2, -0.15) is 0 Å². The number of likely N-dealkylation sites (N-methyl/N-ethyl adjacent to an activating group) is 1. The van der Waals surface area contributed by atoms with Crippen molar-refractivity contribution in [2.24, 2.45) is 0 Å². The maximum atomic E-state index is 11.2. The summed E-state index contributed by atoms with van der Waals surface area (Å²) >= 11 is 15.7. The molecule has 0 saturated carbocycles. The fourth-order valence-corrected chi connectivity index (χ4v) is 46.0. The van der Waals surface area contributed by atoms with Crippen LogP contribution in [0.1, 0.15) is 6.42 Å². The van der Waals surface area contributed by atoms with Gasteiger partial charge in [0.2, 0.25) is 0 Å². The molecule has 1 saturated heterocycles. The highest BCUT2D eigenvalue weighted by molar-refractivity contribution is 9.48. The van der Waals surface area contributed by atoms with Gasteiger partial charge >= 0.3 is 5.97 Å². The van der Waals surface area contributed by atoms with Crippen LogP contribution in [0.15, 0.2) is 84.2 Å². The van der Waals surface area contributed by atoms with E-state index in [4.69, 9.17) is 38.2 Å². The van der Waals surface area contributed by atoms with Crippen molar-refractivity contribution in [3.63, 3.8) is 0 Å². The Morgan fingerprint density at radius 1 is 0.973 bits per heavy atom. The minimum Gasteiger partial charge on any atom is -0.507 e. The molecule has 0 bridgehead atoms. The molecule has 6 nitrogen and oxygen atoms in total. The molecule has 2 aromatic rings. The van der Waals surface area contributed by atoms with Gasteiger partial charge in [-0.1, -0.05) is 57.8 Å². The number of nitrogens with zero attached hydrogens (tertiary/aromatic N) is 1. The molecule has 2 N–H and O–H groups in total. The summed E-state index contributed by atoms with van der Waals surface area (Å²) in [6.45, 7) is 1.29. The van der Waals surface area contributed by atoms with E-state index in [1.165, 1.54) is 17.5 Å². The molecule has 4 rings (SSSR count). The van der Waals surface area contributed by atoms with Gasteiger partial charge in [0.1, 0.15) is 22.8 Å². The van der Waals surface area contributed by atoms with Crippen LogP contribution in [-0.4, -0.2) is 54.4 Å². The normalized spacial score (nSPS) is 25.0. The van der Waals surface area contributed by atoms with Crippen LogP contribution in [0.5, 0.6) is 11.5 Å². The summed E-state index contributed by atoms with van der Waals surface area (Å²) < 4.78 is 7.62. The summed E-state index contributed by atoms with van der Waals surface area (Å²) in [5.74, 6) is 0.233. The molecule has 2 aliphatic rings. The number of carboxylic acid groups (broad SMARTS) is 1. The number of carbonyl (C=O) groups is 1. The Labute approximate surface area is 234 Å². The Morgan fingerprint density at radius 2 is 1.51 bits per heavy atom. The van der Waals surface area contributed by atoms with E-state index in [2.05, 4.69) is 29.2 Å². The molecule has 0 amide bonds. The monoisotopic (exact) mass is 611 g/mol. The molecule has 1 fully saturated rings. The van der Waals surface area contributed by atoms with Gasteiger partial charge in [0.15, 0.2) is 0 Å². The number of aliphatic carboxylic acids is 1. The van der Waals surface area contributed by atoms with Gasteiger partial charge in [-0.15, -0.1) is 0 Å². The Kier molecular flexibility index (Phi) is 9.34. The predicted molar refractivity (Wildman–Crippen MR) is 165 cm³/mol. The number of carboxylic acids is 1. The molecule has 0 spiro atoms. The van der Waals surface area contributed by atoms with Crippen LogP contribution in [0.2, 0.25) is 0 Å². The lowest BCUT2D eigenvalue weighted by molar-refractivity contribution is -0.132. The minimum absolute atomic E-state index is 0.109. The van der Waals surface area contributed by atoms with Crippen LogP contribution in [0.25, 0.3) is 0 Å². The highest BCUT2D eigenvalue weighted by atomic mass is 33.7. The van der Waals surface area contributed by atoms with Crippen LogP contribution in [0.4, 0.5) is 0 Å². The zero-order valence-corrected chi connectivity index (χ0v) is 25.3. The largest absolute Gasteiger partial charge is 0.507 e. The topological polar surface area (TPSA) is 79.2 Å². The molecule has 1 aliphatic carbocycles. The number of rotatable bonds is 10. The van der Waals surface area contributed by atoms with Gasteiger partial charge in [-0.05, 0) is 74.2 Å². The third-order valence-corrected chi connectivity index (χ3v) is 37.1. The van der Waals surface area contributed by atoms with Crippen LogP contribution >= 0.6 is 30.9 Å². The molecule has 1 heterocycles. The van der Waals surface area contributed by atoms with Crippen molar-refractivity contribution in [3.05, 3.63) is 84.2 Å². The van der Waals surface area contributed by atoms with E-state index < -0.39 is 14.9 Å². The summed E-state index contributed by atoms with van der Waals surface area (Å²) in [4.78, 5) is 13.3. The van der Waals surface area contributed by atoms with E-state index in [-0.39, 0.29) is 17.4 Å². The fourth-order valence-electron chi connectivity index (χ4n) is 3.72. The van der Waals surface area contributed by atoms with Crippen LogP contribution in [0.3, 0.4) is 0 Å². The molecule has 37 heavy (non-hydrogen) atoms. The zero-order valence-electron chi connectivity index (χ0n) is 20.2. The van der Waals surface area contributed by atoms with Crippen molar-refractivity contribution in [1.29, 1.82) is 0 Å². The molecule has 0 aromatic heterocycles. The van der Waals surface area contributed by atoms with E-state index in [0.29, 0.717) is 6.61 Å². The van der Waals surface area contributed by atoms with Crippen molar-refractivity contribution in [3.8, 4) is 11.5 Å². The van der Waals surface area contributed by atoms with E-state index >= 15 is 0 Å². The third kappa shape index (κ3) is 6.74. The number of benzene rings is 2. The number of ether oxygens (including phenoxy) is 2. The highest BCUT2D eigenvalue weighted by Gasteiger charge is 2.45. The van der Waals surface area contributed by atoms with Crippen LogP contribution < -0.4 is 20.1 Å². The molecule has 1 aliphatic heterocycles. The van der Waals surface area contributed by atoms with E-state index in [0.717, 1.165) is 29.8 Å². The lowest BCUT2D eigenvalue weighted by Gasteiger charge is -2.40. The van der Waals surface area contributed by atoms with Crippen molar-refractivity contribution in [2.45, 2.75) is 12.5 Å². The molecular weight excluding hydrogens is 584 g/mol. The standard InChI is InChI=1S/C25H27NO5P2S4/c1-26(18-4-14-23(25(28)29)24(27)15-5-18)16-3-17-31-20-8-12-22(13-9-20)33(35)36-32(34,37-33)21-10-6-19(30-2)7-11-21/h4-15,18,27H,3,16-17H2,1-2H3,(H,28,29). The predicted octanol–water partition coefficient (Wildman–Crippen LogP) is 5.84. The van der Waals surface area contributed by atoms with Gasteiger partial charge in [-0.25, -0.2) is 4.79 Å². The van der Waals surface area contributed by atoms with Crippen molar-refractivity contribution >= 4 is 71.1 Å². The van der Waals surface area contributed by atoms with Crippen LogP contribution in [-0.2, 0) is 28.4 Å². The lowest BCUT2D eigenvalue weighted by atomic mass is 10.2. The van der Waals surface area contributed by atoms with Crippen molar-refractivity contribution < 1.29 is 24.5 Å². The Hall–Kier alpha value is -1.51. The summed E-state index contributed by atoms with van der Waals surface area (Å²) in [7, 11) is 3.61. The second kappa shape index (κ2) is 12.1. The van der Waals surface area contributed by atoms with Gasteiger partial charge in [0.05, 0.1) is 22.6 Å². The SMILES string of the molecule is COc1ccc(P2(=S)SP(=S)(c3ccc(OCCCN(C)C4C=CC(O)=C(C(=O)O)C=C4)cc3)S2)cc1. The van der Waals surface area contributed by atoms with E-state index in [1.807, 2.05) is 53.3 Å². The molecule has 0 radical (unpaired) electrons. The van der Waals surface area contributed by atoms with Crippen LogP contribution in [0, 0.1) is 0 Å². The second-order valence-electron chi connectivity index (χ2n) is 8.35. The first-order valence-corrected chi connectivity index (χ1v) is 21.0. The van der Waals surface area contributed by atoms with Gasteiger partial charge < -0.3 is 19.7 Å². The molecule has 12 heteroatoms. The smallest absolute Gasteiger partial charge is 0.339 e. The minimum atomic E-state index is -1.80. The maximum Gasteiger partial charge on any atom is 0.339 e. The first kappa shape index (κ1) is 28.5. The molecular formula is C25H27NO5P2S4. The zero-order chi connectivity index (χ0) is 26.6. The number of methoxy groups -OCH3 is 1. The Bertz CT molecular complexity index is 1330. The van der Waals surface area contributed by atoms with E-state index in [9.17, 15) is 9.90 Å². The number of hydrogen-bond donors (Lipinski definition) is 2. The van der Waals surface area contributed by atoms with Gasteiger partial charge in [0.25, 0.3) is 0 Å². The maximum absolute atomic E-state index is 11.2. The van der Waals surface area contributed by atoms with Crippen molar-refractivity contribution in [1.82, 2.24) is 4.90 Å². The first-order valence-electron chi connectivity index (χ1n) is 11.4. The fraction of sp³-hybridized carbons (Fsp3) is 0.240. The summed E-state index contributed by atoms with van der Waals surface area (Å²) in [6.07, 6.45) is 7.21. The number of hydrogen-bond acceptors (Lipinski definition) is 9. The highest BCUT2D eigenvalue weighted by Crippen LogP contribution is 3.04.